The summed E-state index contributed by atoms with van der Waals surface area (Å²) in [6.45, 7) is 2.05. The zero-order valence-electron chi connectivity index (χ0n) is 8.26. The van der Waals surface area contributed by atoms with E-state index in [1.54, 1.807) is 18.2 Å². The van der Waals surface area contributed by atoms with Gasteiger partial charge in [0.2, 0.25) is 0 Å². The average molecular weight is 191 g/mol. The van der Waals surface area contributed by atoms with Crippen LogP contribution >= 0.6 is 0 Å². The predicted octanol–water partition coefficient (Wildman–Crippen LogP) is 2.30. The van der Waals surface area contributed by atoms with E-state index in [0.29, 0.717) is 5.56 Å². The van der Waals surface area contributed by atoms with Crippen LogP contribution in [-0.2, 0) is 0 Å². The van der Waals surface area contributed by atoms with Gasteiger partial charge in [-0.15, -0.1) is 0 Å². The highest BCUT2D eigenvalue weighted by Crippen LogP contribution is 2.04. The Hall–Kier alpha value is -1.33. The Morgan fingerprint density at radius 3 is 2.79 bits per heavy atom. The first-order chi connectivity index (χ1) is 6.74. The van der Waals surface area contributed by atoms with Crippen LogP contribution in [0, 0.1) is 17.7 Å². The van der Waals surface area contributed by atoms with Gasteiger partial charge in [0, 0.05) is 0 Å². The van der Waals surface area contributed by atoms with Gasteiger partial charge in [0.1, 0.15) is 5.82 Å². The van der Waals surface area contributed by atoms with Gasteiger partial charge in [0.25, 0.3) is 0 Å². The first-order valence-electron chi connectivity index (χ1n) is 4.75. The van der Waals surface area contributed by atoms with E-state index in [2.05, 4.69) is 11.8 Å². The second-order valence-electron chi connectivity index (χ2n) is 3.14. The summed E-state index contributed by atoms with van der Waals surface area (Å²) in [7, 11) is 0. The third kappa shape index (κ3) is 3.20. The molecule has 0 fully saturated rings. The molecule has 0 saturated heterocycles. The first-order valence-corrected chi connectivity index (χ1v) is 4.75. The van der Waals surface area contributed by atoms with Crippen molar-refractivity contribution in [2.24, 2.45) is 5.73 Å². The van der Waals surface area contributed by atoms with Crippen LogP contribution in [0.4, 0.5) is 4.39 Å². The Labute approximate surface area is 84.1 Å². The summed E-state index contributed by atoms with van der Waals surface area (Å²) >= 11 is 0. The third-order valence-corrected chi connectivity index (χ3v) is 1.87. The van der Waals surface area contributed by atoms with Gasteiger partial charge in [-0.05, 0) is 18.6 Å². The van der Waals surface area contributed by atoms with Gasteiger partial charge in [-0.25, -0.2) is 4.39 Å². The molecule has 1 aromatic carbocycles. The van der Waals surface area contributed by atoms with Gasteiger partial charge >= 0.3 is 0 Å². The zero-order valence-corrected chi connectivity index (χ0v) is 8.26. The lowest BCUT2D eigenvalue weighted by Crippen LogP contribution is -2.16. The first kappa shape index (κ1) is 10.7. The number of hydrogen-bond acceptors (Lipinski definition) is 1. The molecule has 1 unspecified atom stereocenters. The quantitative estimate of drug-likeness (QED) is 0.713. The standard InChI is InChI=1S/C12H14FN/c1-2-5-11(14)9-8-10-6-3-4-7-12(10)13/h3-4,6-7,11H,2,5,14H2,1H3. The van der Waals surface area contributed by atoms with E-state index in [1.165, 1.54) is 6.07 Å². The van der Waals surface area contributed by atoms with Crippen LogP contribution in [0.1, 0.15) is 25.3 Å². The molecule has 0 radical (unpaired) electrons. The van der Waals surface area contributed by atoms with Crippen LogP contribution in [-0.4, -0.2) is 6.04 Å². The van der Waals surface area contributed by atoms with Crippen LogP contribution in [0.5, 0.6) is 0 Å². The average Bonchev–Trinajstić information content (AvgIpc) is 2.17. The minimum absolute atomic E-state index is 0.153. The maximum atomic E-state index is 13.1. The molecule has 0 aliphatic rings. The molecular weight excluding hydrogens is 177 g/mol. The lowest BCUT2D eigenvalue weighted by molar-refractivity contribution is 0.624. The van der Waals surface area contributed by atoms with Gasteiger partial charge in [0.15, 0.2) is 0 Å². The highest BCUT2D eigenvalue weighted by Gasteiger charge is 1.97. The molecule has 2 heteroatoms. The molecule has 14 heavy (non-hydrogen) atoms. The monoisotopic (exact) mass is 191 g/mol. The van der Waals surface area contributed by atoms with Crippen molar-refractivity contribution in [3.8, 4) is 11.8 Å². The van der Waals surface area contributed by atoms with Crippen molar-refractivity contribution in [1.29, 1.82) is 0 Å². The smallest absolute Gasteiger partial charge is 0.138 e. The zero-order chi connectivity index (χ0) is 10.4. The number of halogens is 1. The topological polar surface area (TPSA) is 26.0 Å². The maximum Gasteiger partial charge on any atom is 0.138 e. The minimum Gasteiger partial charge on any atom is -0.318 e. The number of benzene rings is 1. The van der Waals surface area contributed by atoms with E-state index in [0.717, 1.165) is 12.8 Å². The second-order valence-corrected chi connectivity index (χ2v) is 3.14. The summed E-state index contributed by atoms with van der Waals surface area (Å²) in [6, 6.07) is 6.31. The Morgan fingerprint density at radius 1 is 1.43 bits per heavy atom. The summed E-state index contributed by atoms with van der Waals surface area (Å²) in [5.41, 5.74) is 6.10. The fourth-order valence-corrected chi connectivity index (χ4v) is 1.12. The molecule has 1 nitrogen and oxygen atoms in total. The third-order valence-electron chi connectivity index (χ3n) is 1.87. The molecule has 0 aliphatic heterocycles. The van der Waals surface area contributed by atoms with Crippen LogP contribution in [0.25, 0.3) is 0 Å². The van der Waals surface area contributed by atoms with Gasteiger partial charge in [-0.2, -0.15) is 0 Å². The van der Waals surface area contributed by atoms with Crippen LogP contribution in [0.15, 0.2) is 24.3 Å². The van der Waals surface area contributed by atoms with Crippen LogP contribution < -0.4 is 5.73 Å². The molecular formula is C12H14FN. The molecule has 0 heterocycles. The maximum absolute atomic E-state index is 13.1. The number of rotatable bonds is 2. The largest absolute Gasteiger partial charge is 0.318 e. The lowest BCUT2D eigenvalue weighted by Gasteiger charge is -1.99. The fourth-order valence-electron chi connectivity index (χ4n) is 1.12. The molecule has 0 aromatic heterocycles. The summed E-state index contributed by atoms with van der Waals surface area (Å²) in [4.78, 5) is 0. The number of hydrogen-bond donors (Lipinski definition) is 1. The molecule has 1 aromatic rings. The van der Waals surface area contributed by atoms with Gasteiger partial charge in [0.05, 0.1) is 11.6 Å². The Bertz CT molecular complexity index is 349. The molecule has 1 atom stereocenters. The summed E-state index contributed by atoms with van der Waals surface area (Å²) < 4.78 is 13.1. The number of nitrogens with two attached hydrogens (primary N) is 1. The van der Waals surface area contributed by atoms with Crippen molar-refractivity contribution in [3.63, 3.8) is 0 Å². The Balaban J connectivity index is 2.72. The van der Waals surface area contributed by atoms with Crippen LogP contribution in [0.3, 0.4) is 0 Å². The minimum atomic E-state index is -0.288. The van der Waals surface area contributed by atoms with Crippen LogP contribution in [0.2, 0.25) is 0 Å². The van der Waals surface area contributed by atoms with Gasteiger partial charge < -0.3 is 5.73 Å². The Morgan fingerprint density at radius 2 is 2.14 bits per heavy atom. The molecule has 74 valence electrons. The molecule has 0 saturated carbocycles. The molecule has 0 bridgehead atoms. The summed E-state index contributed by atoms with van der Waals surface area (Å²) in [5.74, 6) is 5.29. The normalized spacial score (nSPS) is 11.6. The van der Waals surface area contributed by atoms with Crippen molar-refractivity contribution in [3.05, 3.63) is 35.6 Å². The van der Waals surface area contributed by atoms with E-state index in [1.807, 2.05) is 6.92 Å². The van der Waals surface area contributed by atoms with Crippen molar-refractivity contribution >= 4 is 0 Å². The Kier molecular flexibility index (Phi) is 4.15. The SMILES string of the molecule is CCCC(N)C#Cc1ccccc1F. The lowest BCUT2D eigenvalue weighted by atomic mass is 10.1. The molecule has 0 spiro atoms. The fraction of sp³-hybridized carbons (Fsp3) is 0.333. The second kappa shape index (κ2) is 5.41. The van der Waals surface area contributed by atoms with Crippen molar-refractivity contribution in [1.82, 2.24) is 0 Å². The van der Waals surface area contributed by atoms with E-state index >= 15 is 0 Å². The molecule has 0 aliphatic carbocycles. The van der Waals surface area contributed by atoms with Crippen molar-refractivity contribution in [2.75, 3.05) is 0 Å². The van der Waals surface area contributed by atoms with Crippen molar-refractivity contribution in [2.45, 2.75) is 25.8 Å². The van der Waals surface area contributed by atoms with E-state index in [-0.39, 0.29) is 11.9 Å². The van der Waals surface area contributed by atoms with Gasteiger partial charge in [-0.3, -0.25) is 0 Å². The van der Waals surface area contributed by atoms with E-state index in [4.69, 9.17) is 5.73 Å². The van der Waals surface area contributed by atoms with Gasteiger partial charge in [-0.1, -0.05) is 37.3 Å². The molecule has 0 amide bonds. The predicted molar refractivity (Wildman–Crippen MR) is 56.2 cm³/mol. The van der Waals surface area contributed by atoms with E-state index < -0.39 is 0 Å². The molecule has 1 rings (SSSR count). The molecule has 2 N–H and O–H groups in total. The highest BCUT2D eigenvalue weighted by molar-refractivity contribution is 5.36. The summed E-state index contributed by atoms with van der Waals surface area (Å²) in [5, 5.41) is 0. The highest BCUT2D eigenvalue weighted by atomic mass is 19.1. The summed E-state index contributed by atoms with van der Waals surface area (Å²) in [6.07, 6.45) is 1.84. The van der Waals surface area contributed by atoms with Crippen molar-refractivity contribution < 1.29 is 4.39 Å². The van der Waals surface area contributed by atoms with E-state index in [9.17, 15) is 4.39 Å².